The SMILES string of the molecule is COc1ccc(C=CC(=O)c2ccc(C(=O)C=Cc3ccc(O)c(OC)c3)cc2)cc1O. The monoisotopic (exact) mass is 430 g/mol. The van der Waals surface area contributed by atoms with Gasteiger partial charge in [0, 0.05) is 11.1 Å². The number of methoxy groups -OCH3 is 2. The highest BCUT2D eigenvalue weighted by molar-refractivity contribution is 6.09. The third kappa shape index (κ3) is 5.43. The van der Waals surface area contributed by atoms with Crippen molar-refractivity contribution in [1.82, 2.24) is 0 Å². The van der Waals surface area contributed by atoms with Crippen molar-refractivity contribution in [3.8, 4) is 23.0 Å². The van der Waals surface area contributed by atoms with Crippen LogP contribution in [-0.4, -0.2) is 36.0 Å². The lowest BCUT2D eigenvalue weighted by atomic mass is 10.0. The van der Waals surface area contributed by atoms with E-state index in [2.05, 4.69) is 0 Å². The average Bonchev–Trinajstić information content (AvgIpc) is 2.82. The number of ketones is 2. The molecule has 0 aromatic heterocycles. The van der Waals surface area contributed by atoms with Gasteiger partial charge in [-0.25, -0.2) is 0 Å². The van der Waals surface area contributed by atoms with Crippen LogP contribution in [0.4, 0.5) is 0 Å². The van der Waals surface area contributed by atoms with Gasteiger partial charge in [-0.3, -0.25) is 9.59 Å². The molecule has 0 fully saturated rings. The fourth-order valence-electron chi connectivity index (χ4n) is 2.94. The predicted octanol–water partition coefficient (Wildman–Crippen LogP) is 4.91. The molecule has 0 aliphatic heterocycles. The number of hydrogen-bond donors (Lipinski definition) is 2. The van der Waals surface area contributed by atoms with E-state index < -0.39 is 0 Å². The van der Waals surface area contributed by atoms with Gasteiger partial charge in [-0.15, -0.1) is 0 Å². The van der Waals surface area contributed by atoms with Crippen molar-refractivity contribution in [2.45, 2.75) is 0 Å². The number of phenolic OH excluding ortho intramolecular Hbond substituents is 2. The second-order valence-electron chi connectivity index (χ2n) is 6.84. The van der Waals surface area contributed by atoms with E-state index in [1.54, 1.807) is 60.7 Å². The second-order valence-corrected chi connectivity index (χ2v) is 6.84. The fraction of sp³-hybridized carbons (Fsp3) is 0.0769. The van der Waals surface area contributed by atoms with Crippen molar-refractivity contribution < 1.29 is 29.3 Å². The summed E-state index contributed by atoms with van der Waals surface area (Å²) >= 11 is 0. The largest absolute Gasteiger partial charge is 0.504 e. The predicted molar refractivity (Wildman–Crippen MR) is 122 cm³/mol. The number of ether oxygens (including phenoxy) is 2. The molecule has 0 bridgehead atoms. The van der Waals surface area contributed by atoms with Crippen LogP contribution in [0.2, 0.25) is 0 Å². The standard InChI is InChI=1S/C26H22O6/c1-31-25-14-6-17(15-24(25)30)3-11-21(27)19-7-9-20(10-8-19)22(28)12-4-18-5-13-23(29)26(16-18)32-2/h3-16,29-30H,1-2H3. The minimum absolute atomic E-state index is 0.0104. The molecule has 162 valence electrons. The number of benzene rings is 3. The lowest BCUT2D eigenvalue weighted by molar-refractivity contribution is 0.103. The summed E-state index contributed by atoms with van der Waals surface area (Å²) in [6.07, 6.45) is 6.03. The van der Waals surface area contributed by atoms with Gasteiger partial charge in [0.05, 0.1) is 14.2 Å². The van der Waals surface area contributed by atoms with Crippen LogP contribution in [0.5, 0.6) is 23.0 Å². The maximum absolute atomic E-state index is 12.4. The molecule has 0 spiro atoms. The molecule has 0 aliphatic rings. The van der Waals surface area contributed by atoms with E-state index in [1.807, 2.05) is 0 Å². The first kappa shape index (κ1) is 22.4. The molecular weight excluding hydrogens is 408 g/mol. The highest BCUT2D eigenvalue weighted by atomic mass is 16.5. The van der Waals surface area contributed by atoms with Crippen molar-refractivity contribution >= 4 is 23.7 Å². The zero-order valence-corrected chi connectivity index (χ0v) is 17.6. The number of rotatable bonds is 8. The fourth-order valence-corrected chi connectivity index (χ4v) is 2.94. The molecule has 0 atom stereocenters. The second kappa shape index (κ2) is 10.1. The van der Waals surface area contributed by atoms with Crippen molar-refractivity contribution in [3.05, 3.63) is 95.1 Å². The molecule has 6 heteroatoms. The van der Waals surface area contributed by atoms with Gasteiger partial charge in [0.25, 0.3) is 0 Å². The molecular formula is C26H22O6. The van der Waals surface area contributed by atoms with Gasteiger partial charge in [0.2, 0.25) is 0 Å². The van der Waals surface area contributed by atoms with Gasteiger partial charge in [0.15, 0.2) is 34.6 Å². The zero-order chi connectivity index (χ0) is 23.1. The van der Waals surface area contributed by atoms with E-state index in [4.69, 9.17) is 9.47 Å². The minimum atomic E-state index is -0.231. The summed E-state index contributed by atoms with van der Waals surface area (Å²) in [6.45, 7) is 0. The Morgan fingerprint density at radius 2 is 1.16 bits per heavy atom. The normalized spacial score (nSPS) is 11.1. The summed E-state index contributed by atoms with van der Waals surface area (Å²) in [5, 5.41) is 19.4. The van der Waals surface area contributed by atoms with Crippen molar-refractivity contribution in [2.75, 3.05) is 14.2 Å². The molecule has 2 N–H and O–H groups in total. The Morgan fingerprint density at radius 3 is 1.66 bits per heavy atom. The molecule has 32 heavy (non-hydrogen) atoms. The van der Waals surface area contributed by atoms with Gasteiger partial charge in [-0.2, -0.15) is 0 Å². The Bertz CT molecular complexity index is 1190. The summed E-state index contributed by atoms with van der Waals surface area (Å²) in [7, 11) is 2.91. The van der Waals surface area contributed by atoms with Gasteiger partial charge >= 0.3 is 0 Å². The molecule has 0 saturated heterocycles. The minimum Gasteiger partial charge on any atom is -0.504 e. The van der Waals surface area contributed by atoms with Crippen LogP contribution in [0.25, 0.3) is 12.2 Å². The molecule has 3 aromatic carbocycles. The van der Waals surface area contributed by atoms with E-state index in [9.17, 15) is 19.8 Å². The number of phenols is 2. The summed E-state index contributed by atoms with van der Waals surface area (Å²) in [5.74, 6) is 0.233. The smallest absolute Gasteiger partial charge is 0.185 e. The first-order valence-electron chi connectivity index (χ1n) is 9.70. The molecule has 0 unspecified atom stereocenters. The third-order valence-corrected chi connectivity index (χ3v) is 4.71. The summed E-state index contributed by atoms with van der Waals surface area (Å²) < 4.78 is 10.0. The number of hydrogen-bond acceptors (Lipinski definition) is 6. The molecule has 3 aromatic rings. The summed E-state index contributed by atoms with van der Waals surface area (Å²) in [6, 6.07) is 16.0. The van der Waals surface area contributed by atoms with E-state index in [0.717, 1.165) is 0 Å². The molecule has 0 heterocycles. The van der Waals surface area contributed by atoms with Crippen LogP contribution < -0.4 is 9.47 Å². The Morgan fingerprint density at radius 1 is 0.656 bits per heavy atom. The van der Waals surface area contributed by atoms with Crippen LogP contribution in [0.1, 0.15) is 31.8 Å². The van der Waals surface area contributed by atoms with Gasteiger partial charge < -0.3 is 19.7 Å². The molecule has 0 aliphatic carbocycles. The molecule has 6 nitrogen and oxygen atoms in total. The van der Waals surface area contributed by atoms with Gasteiger partial charge in [-0.1, -0.05) is 48.6 Å². The Kier molecular flexibility index (Phi) is 7.08. The van der Waals surface area contributed by atoms with Crippen molar-refractivity contribution in [3.63, 3.8) is 0 Å². The molecule has 3 rings (SSSR count). The van der Waals surface area contributed by atoms with Crippen molar-refractivity contribution in [1.29, 1.82) is 0 Å². The maximum atomic E-state index is 12.4. The zero-order valence-electron chi connectivity index (χ0n) is 17.6. The first-order chi connectivity index (χ1) is 15.4. The van der Waals surface area contributed by atoms with E-state index in [0.29, 0.717) is 33.8 Å². The average molecular weight is 430 g/mol. The molecule has 0 radical (unpaired) electrons. The number of carbonyl (C=O) groups is 2. The van der Waals surface area contributed by atoms with Gasteiger partial charge in [0.1, 0.15) is 0 Å². The Labute approximate surface area is 185 Å². The van der Waals surface area contributed by atoms with Crippen molar-refractivity contribution in [2.24, 2.45) is 0 Å². The summed E-state index contributed by atoms with van der Waals surface area (Å²) in [5.41, 5.74) is 2.23. The van der Waals surface area contributed by atoms with Crippen LogP contribution >= 0.6 is 0 Å². The van der Waals surface area contributed by atoms with E-state index >= 15 is 0 Å². The Balaban J connectivity index is 1.66. The highest BCUT2D eigenvalue weighted by Gasteiger charge is 2.07. The third-order valence-electron chi connectivity index (χ3n) is 4.71. The number of carbonyl (C=O) groups excluding carboxylic acids is 2. The number of aromatic hydroxyl groups is 2. The van der Waals surface area contributed by atoms with Crippen LogP contribution in [0.15, 0.2) is 72.8 Å². The molecule has 0 saturated carbocycles. The van der Waals surface area contributed by atoms with Gasteiger partial charge in [-0.05, 0) is 47.5 Å². The van der Waals surface area contributed by atoms with Crippen LogP contribution in [0.3, 0.4) is 0 Å². The first-order valence-corrected chi connectivity index (χ1v) is 9.70. The quantitative estimate of drug-likeness (QED) is 0.390. The van der Waals surface area contributed by atoms with Crippen LogP contribution in [-0.2, 0) is 0 Å². The lowest BCUT2D eigenvalue weighted by Crippen LogP contribution is -1.98. The van der Waals surface area contributed by atoms with Crippen LogP contribution in [0, 0.1) is 0 Å². The highest BCUT2D eigenvalue weighted by Crippen LogP contribution is 2.27. The topological polar surface area (TPSA) is 93.1 Å². The lowest BCUT2D eigenvalue weighted by Gasteiger charge is -2.04. The Hall–Kier alpha value is -4.32. The maximum Gasteiger partial charge on any atom is 0.185 e. The number of allylic oxidation sites excluding steroid dienone is 2. The summed E-state index contributed by atoms with van der Waals surface area (Å²) in [4.78, 5) is 24.8. The van der Waals surface area contributed by atoms with E-state index in [-0.39, 0.29) is 23.1 Å². The van der Waals surface area contributed by atoms with E-state index in [1.165, 1.54) is 38.5 Å². The molecule has 0 amide bonds.